The van der Waals surface area contributed by atoms with Gasteiger partial charge in [0.1, 0.15) is 0 Å². The number of pyridine rings is 1. The summed E-state index contributed by atoms with van der Waals surface area (Å²) in [6.07, 6.45) is 4.42. The van der Waals surface area contributed by atoms with E-state index in [1.54, 1.807) is 4.52 Å². The molecule has 1 unspecified atom stereocenters. The number of nitrogens with two attached hydrogens (primary N) is 1. The number of hydrogen-bond acceptors (Lipinski definition) is 4. The molecule has 0 bridgehead atoms. The van der Waals surface area contributed by atoms with E-state index in [4.69, 9.17) is 5.73 Å². The van der Waals surface area contributed by atoms with Crippen LogP contribution in [-0.2, 0) is 0 Å². The second-order valence-electron chi connectivity index (χ2n) is 5.46. The molecule has 1 atom stereocenters. The third-order valence-electron chi connectivity index (χ3n) is 3.79. The fourth-order valence-electron chi connectivity index (χ4n) is 2.33. The minimum Gasteiger partial charge on any atom is -0.346 e. The van der Waals surface area contributed by atoms with Gasteiger partial charge in [0.15, 0.2) is 5.65 Å². The Kier molecular flexibility index (Phi) is 2.52. The van der Waals surface area contributed by atoms with Crippen molar-refractivity contribution in [3.8, 4) is 0 Å². The zero-order chi connectivity index (χ0) is 12.8. The number of anilines is 1. The lowest BCUT2D eigenvalue weighted by molar-refractivity contribution is 0.456. The third kappa shape index (κ3) is 1.95. The van der Waals surface area contributed by atoms with Crippen molar-refractivity contribution in [2.75, 3.05) is 11.9 Å². The normalized spacial score (nSPS) is 18.8. The van der Waals surface area contributed by atoms with Gasteiger partial charge in [-0.25, -0.2) is 4.52 Å². The molecule has 0 amide bonds. The Morgan fingerprint density at radius 2 is 2.33 bits per heavy atom. The average molecular weight is 245 g/mol. The van der Waals surface area contributed by atoms with E-state index < -0.39 is 0 Å². The Hall–Kier alpha value is -1.62. The van der Waals surface area contributed by atoms with Gasteiger partial charge in [-0.05, 0) is 50.3 Å². The summed E-state index contributed by atoms with van der Waals surface area (Å²) in [4.78, 5) is 4.50. The highest BCUT2D eigenvalue weighted by Crippen LogP contribution is 2.40. The van der Waals surface area contributed by atoms with Gasteiger partial charge in [0.2, 0.25) is 5.95 Å². The maximum absolute atomic E-state index is 5.89. The van der Waals surface area contributed by atoms with Crippen molar-refractivity contribution < 1.29 is 0 Å². The van der Waals surface area contributed by atoms with Crippen LogP contribution in [0.25, 0.3) is 5.65 Å². The van der Waals surface area contributed by atoms with Crippen LogP contribution in [0.15, 0.2) is 18.3 Å². The van der Waals surface area contributed by atoms with Crippen LogP contribution in [0.1, 0.15) is 25.3 Å². The molecular weight excluding hydrogens is 226 g/mol. The number of aromatic nitrogens is 3. The summed E-state index contributed by atoms with van der Waals surface area (Å²) in [5.41, 5.74) is 7.86. The van der Waals surface area contributed by atoms with Gasteiger partial charge in [0.05, 0.1) is 5.54 Å². The molecule has 18 heavy (non-hydrogen) atoms. The van der Waals surface area contributed by atoms with Gasteiger partial charge >= 0.3 is 0 Å². The van der Waals surface area contributed by atoms with Crippen molar-refractivity contribution in [3.05, 3.63) is 23.9 Å². The van der Waals surface area contributed by atoms with Crippen LogP contribution in [0.2, 0.25) is 0 Å². The van der Waals surface area contributed by atoms with Gasteiger partial charge in [0, 0.05) is 12.7 Å². The Bertz CT molecular complexity index is 572. The van der Waals surface area contributed by atoms with Crippen molar-refractivity contribution in [3.63, 3.8) is 0 Å². The lowest BCUT2D eigenvalue weighted by atomic mass is 9.96. The summed E-state index contributed by atoms with van der Waals surface area (Å²) < 4.78 is 1.79. The van der Waals surface area contributed by atoms with E-state index in [1.807, 2.05) is 18.3 Å². The van der Waals surface area contributed by atoms with E-state index in [9.17, 15) is 0 Å². The van der Waals surface area contributed by atoms with Crippen molar-refractivity contribution in [1.82, 2.24) is 14.6 Å². The maximum Gasteiger partial charge on any atom is 0.243 e. The number of nitrogens with zero attached hydrogens (tertiary/aromatic N) is 3. The number of aryl methyl sites for hydroxylation is 1. The standard InChI is InChI=1S/C13H19N5/c1-9-5-6-18-11(7-9)15-12(17-18)16-13(2,8-14)10-3-4-10/h5-7,10H,3-4,8,14H2,1-2H3,(H,16,17). The van der Waals surface area contributed by atoms with Crippen LogP contribution in [-0.4, -0.2) is 26.7 Å². The highest BCUT2D eigenvalue weighted by molar-refractivity contribution is 5.46. The summed E-state index contributed by atoms with van der Waals surface area (Å²) in [5, 5.41) is 7.84. The Morgan fingerprint density at radius 1 is 1.56 bits per heavy atom. The van der Waals surface area contributed by atoms with E-state index in [2.05, 4.69) is 29.2 Å². The second-order valence-corrected chi connectivity index (χ2v) is 5.46. The van der Waals surface area contributed by atoms with Gasteiger partial charge in [-0.3, -0.25) is 0 Å². The maximum atomic E-state index is 5.89. The minimum atomic E-state index is -0.0834. The first kappa shape index (κ1) is 11.5. The summed E-state index contributed by atoms with van der Waals surface area (Å²) in [6.45, 7) is 4.81. The Morgan fingerprint density at radius 3 is 3.00 bits per heavy atom. The van der Waals surface area contributed by atoms with E-state index in [0.717, 1.165) is 5.65 Å². The molecule has 5 nitrogen and oxygen atoms in total. The molecule has 0 saturated heterocycles. The van der Waals surface area contributed by atoms with Crippen molar-refractivity contribution in [1.29, 1.82) is 0 Å². The van der Waals surface area contributed by atoms with E-state index in [1.165, 1.54) is 18.4 Å². The topological polar surface area (TPSA) is 68.2 Å². The Labute approximate surface area is 106 Å². The SMILES string of the molecule is Cc1ccn2nc(NC(C)(CN)C3CC3)nc2c1. The van der Waals surface area contributed by atoms with Crippen molar-refractivity contribution in [2.24, 2.45) is 11.7 Å². The van der Waals surface area contributed by atoms with Gasteiger partial charge < -0.3 is 11.1 Å². The first-order valence-electron chi connectivity index (χ1n) is 6.42. The molecule has 0 aliphatic heterocycles. The monoisotopic (exact) mass is 245 g/mol. The van der Waals surface area contributed by atoms with Crippen LogP contribution in [0.5, 0.6) is 0 Å². The molecule has 96 valence electrons. The minimum absolute atomic E-state index is 0.0834. The molecule has 2 heterocycles. The second kappa shape index (κ2) is 3.95. The summed E-state index contributed by atoms with van der Waals surface area (Å²) in [6, 6.07) is 4.05. The highest BCUT2D eigenvalue weighted by Gasteiger charge is 2.41. The van der Waals surface area contributed by atoms with Gasteiger partial charge in [-0.1, -0.05) is 0 Å². The van der Waals surface area contributed by atoms with Crippen molar-refractivity contribution >= 4 is 11.6 Å². The van der Waals surface area contributed by atoms with Crippen molar-refractivity contribution in [2.45, 2.75) is 32.2 Å². The average Bonchev–Trinajstić information content (AvgIpc) is 3.12. The van der Waals surface area contributed by atoms with Gasteiger partial charge in [-0.2, -0.15) is 4.98 Å². The molecule has 0 spiro atoms. The van der Waals surface area contributed by atoms with E-state index >= 15 is 0 Å². The van der Waals surface area contributed by atoms with E-state index in [0.29, 0.717) is 18.4 Å². The lowest BCUT2D eigenvalue weighted by Crippen LogP contribution is -2.45. The summed E-state index contributed by atoms with van der Waals surface area (Å²) in [5.74, 6) is 1.32. The molecule has 2 aromatic heterocycles. The smallest absolute Gasteiger partial charge is 0.243 e. The Balaban J connectivity index is 1.90. The number of rotatable bonds is 4. The van der Waals surface area contributed by atoms with Crippen LogP contribution in [0, 0.1) is 12.8 Å². The largest absolute Gasteiger partial charge is 0.346 e. The molecule has 3 N–H and O–H groups in total. The first-order chi connectivity index (χ1) is 8.60. The van der Waals surface area contributed by atoms with Crippen LogP contribution in [0.4, 0.5) is 5.95 Å². The number of fused-ring (bicyclic) bond motifs is 1. The predicted octanol–water partition coefficient (Wildman–Crippen LogP) is 1.58. The molecule has 1 aliphatic rings. The van der Waals surface area contributed by atoms with Gasteiger partial charge in [-0.15, -0.1) is 5.10 Å². The molecule has 0 radical (unpaired) electrons. The molecule has 1 saturated carbocycles. The predicted molar refractivity (Wildman–Crippen MR) is 71.5 cm³/mol. The molecule has 1 fully saturated rings. The molecular formula is C13H19N5. The molecule has 2 aromatic rings. The number of nitrogens with one attached hydrogen (secondary N) is 1. The first-order valence-corrected chi connectivity index (χ1v) is 6.42. The third-order valence-corrected chi connectivity index (χ3v) is 3.79. The highest BCUT2D eigenvalue weighted by atomic mass is 15.4. The molecule has 0 aromatic carbocycles. The zero-order valence-corrected chi connectivity index (χ0v) is 10.8. The fourth-order valence-corrected chi connectivity index (χ4v) is 2.33. The zero-order valence-electron chi connectivity index (χ0n) is 10.8. The fraction of sp³-hybridized carbons (Fsp3) is 0.538. The molecule has 3 rings (SSSR count). The quantitative estimate of drug-likeness (QED) is 0.858. The molecule has 1 aliphatic carbocycles. The van der Waals surface area contributed by atoms with Crippen LogP contribution >= 0.6 is 0 Å². The van der Waals surface area contributed by atoms with E-state index in [-0.39, 0.29) is 5.54 Å². The molecule has 5 heteroatoms. The summed E-state index contributed by atoms with van der Waals surface area (Å²) >= 11 is 0. The number of hydrogen-bond donors (Lipinski definition) is 2. The van der Waals surface area contributed by atoms with Gasteiger partial charge in [0.25, 0.3) is 0 Å². The van der Waals surface area contributed by atoms with Crippen LogP contribution in [0.3, 0.4) is 0 Å². The lowest BCUT2D eigenvalue weighted by Gasteiger charge is -2.28. The van der Waals surface area contributed by atoms with Crippen LogP contribution < -0.4 is 11.1 Å². The summed E-state index contributed by atoms with van der Waals surface area (Å²) in [7, 11) is 0.